The van der Waals surface area contributed by atoms with Crippen LogP contribution >= 0.6 is 0 Å². The Morgan fingerprint density at radius 3 is 2.58 bits per heavy atom. The topological polar surface area (TPSA) is 113 Å². The first-order chi connectivity index (χ1) is 9.02. The van der Waals surface area contributed by atoms with E-state index in [2.05, 4.69) is 5.32 Å². The molecule has 0 bridgehead atoms. The van der Waals surface area contributed by atoms with Gasteiger partial charge in [-0.25, -0.2) is 0 Å². The number of aliphatic carboxylic acids is 1. The van der Waals surface area contributed by atoms with Crippen LogP contribution in [0, 0.1) is 0 Å². The van der Waals surface area contributed by atoms with Crippen LogP contribution < -0.4 is 11.1 Å². The molecule has 0 saturated heterocycles. The number of para-hydroxylation sites is 1. The Morgan fingerprint density at radius 2 is 1.95 bits per heavy atom. The van der Waals surface area contributed by atoms with Crippen molar-refractivity contribution in [2.24, 2.45) is 5.73 Å². The maximum absolute atomic E-state index is 11.7. The molecule has 1 aromatic rings. The van der Waals surface area contributed by atoms with Gasteiger partial charge >= 0.3 is 5.97 Å². The second kappa shape index (κ2) is 7.38. The number of aromatic hydroxyl groups is 1. The number of hydrogen-bond acceptors (Lipinski definition) is 4. The summed E-state index contributed by atoms with van der Waals surface area (Å²) in [5.74, 6) is -1.42. The van der Waals surface area contributed by atoms with E-state index in [1.807, 2.05) is 0 Å². The van der Waals surface area contributed by atoms with Gasteiger partial charge in [-0.3, -0.25) is 9.59 Å². The fourth-order valence-electron chi connectivity index (χ4n) is 1.58. The van der Waals surface area contributed by atoms with Crippen LogP contribution in [0.25, 0.3) is 0 Å². The van der Waals surface area contributed by atoms with E-state index in [0.717, 1.165) is 0 Å². The Labute approximate surface area is 111 Å². The number of phenols is 1. The molecular weight excluding hydrogens is 248 g/mol. The van der Waals surface area contributed by atoms with Crippen molar-refractivity contribution in [2.75, 3.05) is 6.54 Å². The molecule has 0 aliphatic heterocycles. The van der Waals surface area contributed by atoms with Gasteiger partial charge in [-0.2, -0.15) is 0 Å². The monoisotopic (exact) mass is 266 g/mol. The molecule has 0 fully saturated rings. The van der Waals surface area contributed by atoms with Gasteiger partial charge in [-0.15, -0.1) is 0 Å². The first kappa shape index (κ1) is 15.0. The standard InChI is InChI=1S/C13H18N2O4/c14-10(13(18)19)6-3-4-8-15-12(17)9-5-1-2-7-11(9)16/h1-2,5,7,10,16H,3-4,6,8,14H2,(H,15,17)(H,18,19)/t10-/m1/s1. The number of phenolic OH excluding ortho intramolecular Hbond substituents is 1. The predicted molar refractivity (Wildman–Crippen MR) is 69.9 cm³/mol. The molecule has 0 aromatic heterocycles. The van der Waals surface area contributed by atoms with E-state index in [1.165, 1.54) is 12.1 Å². The van der Waals surface area contributed by atoms with Crippen LogP contribution in [0.5, 0.6) is 5.75 Å². The Morgan fingerprint density at radius 1 is 1.26 bits per heavy atom. The average Bonchev–Trinajstić information content (AvgIpc) is 2.38. The summed E-state index contributed by atoms with van der Waals surface area (Å²) >= 11 is 0. The van der Waals surface area contributed by atoms with Crippen LogP contribution in [-0.2, 0) is 4.79 Å². The number of carboxylic acid groups (broad SMARTS) is 1. The van der Waals surface area contributed by atoms with E-state index < -0.39 is 12.0 Å². The number of carboxylic acids is 1. The number of amides is 1. The molecule has 0 unspecified atom stereocenters. The number of nitrogens with two attached hydrogens (primary N) is 1. The molecule has 0 radical (unpaired) electrons. The van der Waals surface area contributed by atoms with Gasteiger partial charge in [-0.1, -0.05) is 12.1 Å². The highest BCUT2D eigenvalue weighted by Gasteiger charge is 2.11. The fraction of sp³-hybridized carbons (Fsp3) is 0.385. The quantitative estimate of drug-likeness (QED) is 0.543. The van der Waals surface area contributed by atoms with Crippen molar-refractivity contribution in [1.82, 2.24) is 5.32 Å². The average molecular weight is 266 g/mol. The molecule has 0 aliphatic carbocycles. The summed E-state index contributed by atoms with van der Waals surface area (Å²) in [5.41, 5.74) is 5.58. The van der Waals surface area contributed by atoms with E-state index in [1.54, 1.807) is 12.1 Å². The maximum atomic E-state index is 11.7. The smallest absolute Gasteiger partial charge is 0.320 e. The van der Waals surface area contributed by atoms with Crippen LogP contribution in [-0.4, -0.2) is 34.7 Å². The Bertz CT molecular complexity index is 448. The number of nitrogens with one attached hydrogen (secondary N) is 1. The van der Waals surface area contributed by atoms with Crippen molar-refractivity contribution in [3.63, 3.8) is 0 Å². The van der Waals surface area contributed by atoms with Crippen LogP contribution in [0.1, 0.15) is 29.6 Å². The molecule has 0 aliphatic rings. The van der Waals surface area contributed by atoms with Crippen molar-refractivity contribution in [2.45, 2.75) is 25.3 Å². The lowest BCUT2D eigenvalue weighted by atomic mass is 10.1. The van der Waals surface area contributed by atoms with E-state index in [9.17, 15) is 14.7 Å². The normalized spacial score (nSPS) is 11.8. The molecule has 6 nitrogen and oxygen atoms in total. The van der Waals surface area contributed by atoms with Gasteiger partial charge in [0.05, 0.1) is 5.56 Å². The van der Waals surface area contributed by atoms with Crippen molar-refractivity contribution >= 4 is 11.9 Å². The van der Waals surface area contributed by atoms with E-state index in [0.29, 0.717) is 25.8 Å². The summed E-state index contributed by atoms with van der Waals surface area (Å²) in [6, 6.07) is 5.43. The molecule has 1 amide bonds. The Kier molecular flexibility index (Phi) is 5.81. The number of carbonyl (C=O) groups excluding carboxylic acids is 1. The third-order valence-corrected chi connectivity index (χ3v) is 2.69. The zero-order chi connectivity index (χ0) is 14.3. The summed E-state index contributed by atoms with van der Waals surface area (Å²) in [7, 11) is 0. The molecule has 6 heteroatoms. The molecular formula is C13H18N2O4. The molecule has 1 rings (SSSR count). The fourth-order valence-corrected chi connectivity index (χ4v) is 1.58. The maximum Gasteiger partial charge on any atom is 0.320 e. The van der Waals surface area contributed by atoms with Gasteiger partial charge in [0.15, 0.2) is 0 Å². The van der Waals surface area contributed by atoms with Crippen LogP contribution in [0.2, 0.25) is 0 Å². The second-order valence-corrected chi connectivity index (χ2v) is 4.21. The van der Waals surface area contributed by atoms with Gasteiger partial charge < -0.3 is 21.3 Å². The summed E-state index contributed by atoms with van der Waals surface area (Å²) in [5, 5.41) is 20.7. The molecule has 104 valence electrons. The minimum absolute atomic E-state index is 0.0621. The molecule has 1 atom stereocenters. The predicted octanol–water partition coefficient (Wildman–Crippen LogP) is 0.704. The zero-order valence-corrected chi connectivity index (χ0v) is 10.5. The molecule has 1 aromatic carbocycles. The largest absolute Gasteiger partial charge is 0.507 e. The summed E-state index contributed by atoms with van der Waals surface area (Å²) in [6.45, 7) is 0.416. The second-order valence-electron chi connectivity index (χ2n) is 4.21. The highest BCUT2D eigenvalue weighted by Crippen LogP contribution is 2.14. The number of hydrogen-bond donors (Lipinski definition) is 4. The SMILES string of the molecule is N[C@H](CCCCNC(=O)c1ccccc1O)C(=O)O. The van der Waals surface area contributed by atoms with Crippen LogP contribution in [0.4, 0.5) is 0 Å². The third kappa shape index (κ3) is 4.97. The summed E-state index contributed by atoms with van der Waals surface area (Å²) < 4.78 is 0. The van der Waals surface area contributed by atoms with Gasteiger partial charge in [-0.05, 0) is 31.4 Å². The van der Waals surface area contributed by atoms with Crippen LogP contribution in [0.15, 0.2) is 24.3 Å². The number of carbonyl (C=O) groups is 2. The van der Waals surface area contributed by atoms with Crippen molar-refractivity contribution in [1.29, 1.82) is 0 Å². The van der Waals surface area contributed by atoms with E-state index in [-0.39, 0.29) is 17.2 Å². The number of rotatable bonds is 7. The van der Waals surface area contributed by atoms with Gasteiger partial charge in [0, 0.05) is 6.54 Å². The highest BCUT2D eigenvalue weighted by molar-refractivity contribution is 5.96. The molecule has 5 N–H and O–H groups in total. The van der Waals surface area contributed by atoms with Crippen molar-refractivity contribution < 1.29 is 19.8 Å². The van der Waals surface area contributed by atoms with Gasteiger partial charge in [0.2, 0.25) is 0 Å². The number of benzene rings is 1. The highest BCUT2D eigenvalue weighted by atomic mass is 16.4. The first-order valence-electron chi connectivity index (χ1n) is 6.07. The molecule has 19 heavy (non-hydrogen) atoms. The van der Waals surface area contributed by atoms with E-state index in [4.69, 9.17) is 10.8 Å². The molecule has 0 heterocycles. The Balaban J connectivity index is 2.25. The summed E-state index contributed by atoms with van der Waals surface area (Å²) in [6.07, 6.45) is 1.64. The minimum atomic E-state index is -1.02. The minimum Gasteiger partial charge on any atom is -0.507 e. The molecule has 0 spiro atoms. The zero-order valence-electron chi connectivity index (χ0n) is 10.5. The third-order valence-electron chi connectivity index (χ3n) is 2.69. The summed E-state index contributed by atoms with van der Waals surface area (Å²) in [4.78, 5) is 22.2. The first-order valence-corrected chi connectivity index (χ1v) is 6.07. The van der Waals surface area contributed by atoms with Gasteiger partial charge in [0.25, 0.3) is 5.91 Å². The lowest BCUT2D eigenvalue weighted by Gasteiger charge is -2.08. The molecule has 0 saturated carbocycles. The van der Waals surface area contributed by atoms with Gasteiger partial charge in [0.1, 0.15) is 11.8 Å². The Hall–Kier alpha value is -2.08. The lowest BCUT2D eigenvalue weighted by molar-refractivity contribution is -0.138. The van der Waals surface area contributed by atoms with Crippen LogP contribution in [0.3, 0.4) is 0 Å². The van der Waals surface area contributed by atoms with Crippen molar-refractivity contribution in [3.8, 4) is 5.75 Å². The lowest BCUT2D eigenvalue weighted by Crippen LogP contribution is -2.30. The number of unbranched alkanes of at least 4 members (excludes halogenated alkanes) is 1. The van der Waals surface area contributed by atoms with Crippen molar-refractivity contribution in [3.05, 3.63) is 29.8 Å². The van der Waals surface area contributed by atoms with E-state index >= 15 is 0 Å².